The molecule has 0 bridgehead atoms. The molecule has 3 rings (SSSR count). The van der Waals surface area contributed by atoms with Crippen molar-refractivity contribution in [3.8, 4) is 0 Å². The van der Waals surface area contributed by atoms with E-state index in [9.17, 15) is 13.2 Å². The molecule has 0 aliphatic carbocycles. The van der Waals surface area contributed by atoms with Crippen LogP contribution in [0.1, 0.15) is 18.1 Å². The van der Waals surface area contributed by atoms with Crippen molar-refractivity contribution in [3.05, 3.63) is 59.7 Å². The van der Waals surface area contributed by atoms with Crippen LogP contribution in [0.15, 0.2) is 53.4 Å². The second-order valence-corrected chi connectivity index (χ2v) is 7.79. The first-order valence-electron chi connectivity index (χ1n) is 8.09. The zero-order valence-corrected chi connectivity index (χ0v) is 14.8. The summed E-state index contributed by atoms with van der Waals surface area (Å²) in [6.45, 7) is 3.45. The van der Waals surface area contributed by atoms with Gasteiger partial charge in [-0.3, -0.25) is 9.69 Å². The molecule has 25 heavy (non-hydrogen) atoms. The molecule has 3 N–H and O–H groups in total. The number of anilines is 1. The van der Waals surface area contributed by atoms with Crippen molar-refractivity contribution in [2.45, 2.75) is 30.8 Å². The predicted octanol–water partition coefficient (Wildman–Crippen LogP) is 1.72. The van der Waals surface area contributed by atoms with Crippen LogP contribution in [0.4, 0.5) is 5.69 Å². The van der Waals surface area contributed by atoms with Crippen molar-refractivity contribution in [2.24, 2.45) is 5.14 Å². The highest BCUT2D eigenvalue weighted by Crippen LogP contribution is 2.21. The van der Waals surface area contributed by atoms with Crippen molar-refractivity contribution < 1.29 is 13.2 Å². The quantitative estimate of drug-likeness (QED) is 0.869. The Labute approximate surface area is 147 Å². The van der Waals surface area contributed by atoms with E-state index in [4.69, 9.17) is 5.14 Å². The molecule has 2 aromatic rings. The van der Waals surface area contributed by atoms with E-state index < -0.39 is 10.0 Å². The molecule has 1 atom stereocenters. The maximum absolute atomic E-state index is 12.5. The second kappa shape index (κ2) is 6.95. The monoisotopic (exact) mass is 359 g/mol. The van der Waals surface area contributed by atoms with Crippen molar-refractivity contribution in [1.29, 1.82) is 0 Å². The lowest BCUT2D eigenvalue weighted by Gasteiger charge is -2.32. The molecule has 0 radical (unpaired) electrons. The van der Waals surface area contributed by atoms with Crippen LogP contribution >= 0.6 is 0 Å². The van der Waals surface area contributed by atoms with E-state index in [-0.39, 0.29) is 16.8 Å². The predicted molar refractivity (Wildman–Crippen MR) is 96.5 cm³/mol. The molecule has 0 aromatic heterocycles. The summed E-state index contributed by atoms with van der Waals surface area (Å²) in [5.74, 6) is -0.122. The van der Waals surface area contributed by atoms with E-state index in [1.54, 1.807) is 0 Å². The van der Waals surface area contributed by atoms with Gasteiger partial charge in [0.1, 0.15) is 0 Å². The molecule has 1 amide bonds. The Morgan fingerprint density at radius 2 is 1.76 bits per heavy atom. The van der Waals surface area contributed by atoms with Crippen LogP contribution in [0.25, 0.3) is 0 Å². The van der Waals surface area contributed by atoms with Gasteiger partial charge in [0.25, 0.3) is 0 Å². The number of nitrogens with two attached hydrogens (primary N) is 1. The molecule has 6 nitrogen and oxygen atoms in total. The zero-order valence-electron chi connectivity index (χ0n) is 14.0. The average Bonchev–Trinajstić information content (AvgIpc) is 2.60. The van der Waals surface area contributed by atoms with Crippen molar-refractivity contribution >= 4 is 21.6 Å². The van der Waals surface area contributed by atoms with Gasteiger partial charge in [-0.1, -0.05) is 24.3 Å². The third kappa shape index (κ3) is 4.07. The molecule has 1 heterocycles. The molecule has 1 aliphatic heterocycles. The number of nitrogens with zero attached hydrogens (tertiary/aromatic N) is 1. The van der Waals surface area contributed by atoms with E-state index in [0.717, 1.165) is 19.5 Å². The SMILES string of the molecule is C[C@H](C(=O)Nc1ccc(S(N)(=O)=O)cc1)N1CCc2ccccc2C1. The van der Waals surface area contributed by atoms with Crippen LogP contribution in [0.5, 0.6) is 0 Å². The Kier molecular flexibility index (Phi) is 4.89. The zero-order chi connectivity index (χ0) is 18.0. The van der Waals surface area contributed by atoms with E-state index in [1.807, 2.05) is 19.1 Å². The lowest BCUT2D eigenvalue weighted by Crippen LogP contribution is -2.44. The van der Waals surface area contributed by atoms with E-state index in [0.29, 0.717) is 5.69 Å². The van der Waals surface area contributed by atoms with Crippen molar-refractivity contribution in [3.63, 3.8) is 0 Å². The number of nitrogens with one attached hydrogen (secondary N) is 1. The molecule has 1 aliphatic rings. The van der Waals surface area contributed by atoms with Gasteiger partial charge in [-0.2, -0.15) is 0 Å². The minimum absolute atomic E-state index is 0.0196. The fourth-order valence-corrected chi connectivity index (χ4v) is 3.50. The number of sulfonamides is 1. The molecule has 0 saturated carbocycles. The van der Waals surface area contributed by atoms with Gasteiger partial charge in [0.2, 0.25) is 15.9 Å². The first-order chi connectivity index (χ1) is 11.8. The number of fused-ring (bicyclic) bond motifs is 1. The number of hydrogen-bond donors (Lipinski definition) is 2. The van der Waals surface area contributed by atoms with Gasteiger partial charge < -0.3 is 5.32 Å². The molecule has 7 heteroatoms. The van der Waals surface area contributed by atoms with Crippen LogP contribution < -0.4 is 10.5 Å². The molecule has 0 spiro atoms. The number of benzene rings is 2. The first kappa shape index (κ1) is 17.6. The molecule has 0 fully saturated rings. The highest BCUT2D eigenvalue weighted by atomic mass is 32.2. The maximum atomic E-state index is 12.5. The van der Waals surface area contributed by atoms with Crippen LogP contribution in [0.3, 0.4) is 0 Å². The lowest BCUT2D eigenvalue weighted by atomic mass is 9.99. The van der Waals surface area contributed by atoms with Crippen LogP contribution in [0, 0.1) is 0 Å². The number of rotatable bonds is 4. The Morgan fingerprint density at radius 3 is 2.40 bits per heavy atom. The number of hydrogen-bond acceptors (Lipinski definition) is 4. The Balaban J connectivity index is 1.65. The van der Waals surface area contributed by atoms with Crippen molar-refractivity contribution in [2.75, 3.05) is 11.9 Å². The summed E-state index contributed by atoms with van der Waals surface area (Å²) in [5.41, 5.74) is 3.14. The average molecular weight is 359 g/mol. The summed E-state index contributed by atoms with van der Waals surface area (Å²) in [7, 11) is -3.73. The van der Waals surface area contributed by atoms with Crippen LogP contribution in [-0.2, 0) is 27.8 Å². The highest BCUT2D eigenvalue weighted by molar-refractivity contribution is 7.89. The number of carbonyl (C=O) groups excluding carboxylic acids is 1. The van der Waals surface area contributed by atoms with Gasteiger partial charge in [-0.15, -0.1) is 0 Å². The molecular formula is C18H21N3O3S. The number of amides is 1. The van der Waals surface area contributed by atoms with Crippen LogP contribution in [-0.4, -0.2) is 31.8 Å². The van der Waals surface area contributed by atoms with E-state index in [1.165, 1.54) is 35.4 Å². The number of primary sulfonamides is 1. The van der Waals surface area contributed by atoms with Crippen LogP contribution in [0.2, 0.25) is 0 Å². The van der Waals surface area contributed by atoms with E-state index >= 15 is 0 Å². The minimum atomic E-state index is -3.73. The Morgan fingerprint density at radius 1 is 1.12 bits per heavy atom. The number of carbonyl (C=O) groups is 1. The third-order valence-electron chi connectivity index (χ3n) is 4.54. The summed E-state index contributed by atoms with van der Waals surface area (Å²) in [5, 5.41) is 7.90. The normalized spacial score (nSPS) is 16.1. The molecule has 0 unspecified atom stereocenters. The highest BCUT2D eigenvalue weighted by Gasteiger charge is 2.25. The molecule has 132 valence electrons. The van der Waals surface area contributed by atoms with Gasteiger partial charge in [-0.05, 0) is 48.7 Å². The Bertz CT molecular complexity index is 879. The Hall–Kier alpha value is -2.22. The van der Waals surface area contributed by atoms with Gasteiger partial charge in [0.15, 0.2) is 0 Å². The van der Waals surface area contributed by atoms with Crippen molar-refractivity contribution in [1.82, 2.24) is 4.90 Å². The summed E-state index contributed by atoms with van der Waals surface area (Å²) in [4.78, 5) is 14.7. The third-order valence-corrected chi connectivity index (χ3v) is 5.47. The summed E-state index contributed by atoms with van der Waals surface area (Å²) >= 11 is 0. The summed E-state index contributed by atoms with van der Waals surface area (Å²) in [6, 6.07) is 13.8. The topological polar surface area (TPSA) is 92.5 Å². The second-order valence-electron chi connectivity index (χ2n) is 6.22. The van der Waals surface area contributed by atoms with Gasteiger partial charge in [0.05, 0.1) is 10.9 Å². The standard InChI is InChI=1S/C18H21N3O3S/c1-13(21-11-10-14-4-2-3-5-15(14)12-21)18(22)20-16-6-8-17(9-7-16)25(19,23)24/h2-9,13H,10-12H2,1H3,(H,20,22)(H2,19,23,24)/t13-/m1/s1. The molecular weight excluding hydrogens is 338 g/mol. The largest absolute Gasteiger partial charge is 0.325 e. The minimum Gasteiger partial charge on any atom is -0.325 e. The molecule has 0 saturated heterocycles. The summed E-state index contributed by atoms with van der Waals surface area (Å²) in [6.07, 6.45) is 0.927. The summed E-state index contributed by atoms with van der Waals surface area (Å²) < 4.78 is 22.5. The first-order valence-corrected chi connectivity index (χ1v) is 9.64. The van der Waals surface area contributed by atoms with E-state index in [2.05, 4.69) is 22.3 Å². The molecule has 2 aromatic carbocycles. The van der Waals surface area contributed by atoms with Gasteiger partial charge >= 0.3 is 0 Å². The smallest absolute Gasteiger partial charge is 0.241 e. The van der Waals surface area contributed by atoms with Gasteiger partial charge in [-0.25, -0.2) is 13.6 Å². The maximum Gasteiger partial charge on any atom is 0.241 e. The lowest BCUT2D eigenvalue weighted by molar-refractivity contribution is -0.121. The fraction of sp³-hybridized carbons (Fsp3) is 0.278. The van der Waals surface area contributed by atoms with Gasteiger partial charge in [0, 0.05) is 18.8 Å². The fourth-order valence-electron chi connectivity index (χ4n) is 2.99.